The molecule has 0 aliphatic heterocycles. The first-order chi connectivity index (χ1) is 10.7. The number of hydrogen-bond acceptors (Lipinski definition) is 3. The lowest BCUT2D eigenvalue weighted by Crippen LogP contribution is -2.01. The highest BCUT2D eigenvalue weighted by Crippen LogP contribution is 2.21. The van der Waals surface area contributed by atoms with Crippen LogP contribution >= 0.6 is 0 Å². The molecule has 0 aromatic heterocycles. The molecule has 1 aromatic carbocycles. The fourth-order valence-electron chi connectivity index (χ4n) is 2.40. The second kappa shape index (κ2) is 10.9. The van der Waals surface area contributed by atoms with Crippen LogP contribution in [-0.4, -0.2) is 11.1 Å². The number of unbranched alkanes of at least 4 members (excludes halogenated alkanes) is 6. The number of aryl methyl sites for hydroxylation is 1. The molecule has 0 saturated heterocycles. The standard InChI is InChI=1S/C19H28O3/c1-3-5-6-7-8-9-10-11-16-12-13-18(20)17(14-16)15-22-19(21)4-2/h4,12-14,20H,2-3,5-11,15H2,1H3. The zero-order chi connectivity index (χ0) is 16.2. The molecule has 0 radical (unpaired) electrons. The molecule has 0 bridgehead atoms. The quantitative estimate of drug-likeness (QED) is 0.359. The highest BCUT2D eigenvalue weighted by molar-refractivity contribution is 5.81. The zero-order valence-electron chi connectivity index (χ0n) is 13.6. The lowest BCUT2D eigenvalue weighted by Gasteiger charge is -2.08. The van der Waals surface area contributed by atoms with E-state index in [2.05, 4.69) is 13.5 Å². The van der Waals surface area contributed by atoms with E-state index in [0.717, 1.165) is 18.9 Å². The van der Waals surface area contributed by atoms with E-state index < -0.39 is 5.97 Å². The van der Waals surface area contributed by atoms with Crippen molar-refractivity contribution in [2.75, 3.05) is 0 Å². The number of carbonyl (C=O) groups is 1. The predicted octanol–water partition coefficient (Wildman–Crippen LogP) is 4.91. The molecule has 122 valence electrons. The Labute approximate surface area is 134 Å². The Balaban J connectivity index is 2.34. The van der Waals surface area contributed by atoms with Gasteiger partial charge in [-0.1, -0.05) is 58.1 Å². The van der Waals surface area contributed by atoms with Crippen LogP contribution in [0, 0.1) is 0 Å². The van der Waals surface area contributed by atoms with Crippen LogP contribution in [0.15, 0.2) is 30.9 Å². The van der Waals surface area contributed by atoms with E-state index in [9.17, 15) is 9.90 Å². The molecule has 0 unspecified atom stereocenters. The Morgan fingerprint density at radius 2 is 1.86 bits per heavy atom. The molecule has 1 rings (SSSR count). The number of phenolic OH excluding ortho intramolecular Hbond substituents is 1. The summed E-state index contributed by atoms with van der Waals surface area (Å²) in [5, 5.41) is 9.80. The third kappa shape index (κ3) is 7.30. The second-order valence-corrected chi connectivity index (χ2v) is 5.65. The second-order valence-electron chi connectivity index (χ2n) is 5.65. The van der Waals surface area contributed by atoms with E-state index in [1.807, 2.05) is 12.1 Å². The lowest BCUT2D eigenvalue weighted by atomic mass is 10.0. The molecule has 1 aromatic rings. The molecule has 3 nitrogen and oxygen atoms in total. The van der Waals surface area contributed by atoms with Crippen molar-refractivity contribution in [1.82, 2.24) is 0 Å². The predicted molar refractivity (Wildman–Crippen MR) is 89.8 cm³/mol. The number of ether oxygens (including phenoxy) is 1. The van der Waals surface area contributed by atoms with Gasteiger partial charge in [0, 0.05) is 11.6 Å². The van der Waals surface area contributed by atoms with Crippen molar-refractivity contribution < 1.29 is 14.6 Å². The average Bonchev–Trinajstić information content (AvgIpc) is 2.53. The van der Waals surface area contributed by atoms with Crippen LogP contribution in [-0.2, 0) is 22.6 Å². The summed E-state index contributed by atoms with van der Waals surface area (Å²) >= 11 is 0. The van der Waals surface area contributed by atoms with Crippen LogP contribution in [0.25, 0.3) is 0 Å². The van der Waals surface area contributed by atoms with Crippen LogP contribution in [0.1, 0.15) is 63.0 Å². The average molecular weight is 304 g/mol. The fraction of sp³-hybridized carbons (Fsp3) is 0.526. The third-order valence-corrected chi connectivity index (χ3v) is 3.75. The van der Waals surface area contributed by atoms with Gasteiger partial charge in [-0.25, -0.2) is 4.79 Å². The minimum atomic E-state index is -0.475. The van der Waals surface area contributed by atoms with Gasteiger partial charge in [-0.2, -0.15) is 0 Å². The number of rotatable bonds is 11. The van der Waals surface area contributed by atoms with Crippen molar-refractivity contribution in [1.29, 1.82) is 0 Å². The number of aromatic hydroxyl groups is 1. The molecule has 0 aliphatic rings. The summed E-state index contributed by atoms with van der Waals surface area (Å²) in [7, 11) is 0. The first-order valence-corrected chi connectivity index (χ1v) is 8.27. The Morgan fingerprint density at radius 1 is 1.18 bits per heavy atom. The third-order valence-electron chi connectivity index (χ3n) is 3.75. The van der Waals surface area contributed by atoms with Gasteiger partial charge in [0.05, 0.1) is 0 Å². The molecule has 0 heterocycles. The first kappa shape index (κ1) is 18.3. The number of phenols is 1. The lowest BCUT2D eigenvalue weighted by molar-refractivity contribution is -0.139. The van der Waals surface area contributed by atoms with Crippen molar-refractivity contribution >= 4 is 5.97 Å². The van der Waals surface area contributed by atoms with Crippen molar-refractivity contribution in [3.8, 4) is 5.75 Å². The Bertz CT molecular complexity index is 466. The van der Waals surface area contributed by atoms with E-state index in [1.165, 1.54) is 44.1 Å². The van der Waals surface area contributed by atoms with Gasteiger partial charge < -0.3 is 9.84 Å². The summed E-state index contributed by atoms with van der Waals surface area (Å²) in [5.74, 6) is -0.308. The van der Waals surface area contributed by atoms with Crippen LogP contribution < -0.4 is 0 Å². The Hall–Kier alpha value is -1.77. The SMILES string of the molecule is C=CC(=O)OCc1cc(CCCCCCCCC)ccc1O. The monoisotopic (exact) mass is 304 g/mol. The molecule has 0 fully saturated rings. The van der Waals surface area contributed by atoms with Crippen molar-refractivity contribution in [2.24, 2.45) is 0 Å². The Kier molecular flexibility index (Phi) is 9.04. The molecular formula is C19H28O3. The van der Waals surface area contributed by atoms with Crippen molar-refractivity contribution in [2.45, 2.75) is 64.9 Å². The van der Waals surface area contributed by atoms with Gasteiger partial charge in [0.25, 0.3) is 0 Å². The molecule has 0 spiro atoms. The van der Waals surface area contributed by atoms with Crippen LogP contribution in [0.3, 0.4) is 0 Å². The molecular weight excluding hydrogens is 276 g/mol. The topological polar surface area (TPSA) is 46.5 Å². The van der Waals surface area contributed by atoms with Gasteiger partial charge in [-0.05, 0) is 30.5 Å². The van der Waals surface area contributed by atoms with E-state index >= 15 is 0 Å². The molecule has 22 heavy (non-hydrogen) atoms. The van der Waals surface area contributed by atoms with E-state index in [1.54, 1.807) is 6.07 Å². The molecule has 0 saturated carbocycles. The number of benzene rings is 1. The molecule has 1 N–H and O–H groups in total. The molecule has 0 atom stereocenters. The summed E-state index contributed by atoms with van der Waals surface area (Å²) in [6.07, 6.45) is 11.1. The summed E-state index contributed by atoms with van der Waals surface area (Å²) in [6.45, 7) is 5.67. The van der Waals surface area contributed by atoms with Crippen LogP contribution in [0.5, 0.6) is 5.75 Å². The summed E-state index contributed by atoms with van der Waals surface area (Å²) in [5.41, 5.74) is 1.83. The van der Waals surface area contributed by atoms with Gasteiger partial charge in [-0.3, -0.25) is 0 Å². The van der Waals surface area contributed by atoms with E-state index in [0.29, 0.717) is 5.56 Å². The summed E-state index contributed by atoms with van der Waals surface area (Å²) in [4.78, 5) is 11.1. The molecule has 3 heteroatoms. The fourth-order valence-corrected chi connectivity index (χ4v) is 2.40. The van der Waals surface area contributed by atoms with Crippen LogP contribution in [0.2, 0.25) is 0 Å². The maximum absolute atomic E-state index is 11.1. The summed E-state index contributed by atoms with van der Waals surface area (Å²) < 4.78 is 4.98. The van der Waals surface area contributed by atoms with E-state index in [4.69, 9.17) is 4.74 Å². The zero-order valence-corrected chi connectivity index (χ0v) is 13.6. The minimum absolute atomic E-state index is 0.0849. The van der Waals surface area contributed by atoms with E-state index in [-0.39, 0.29) is 12.4 Å². The van der Waals surface area contributed by atoms with Crippen molar-refractivity contribution in [3.05, 3.63) is 42.0 Å². The maximum Gasteiger partial charge on any atom is 0.330 e. The smallest absolute Gasteiger partial charge is 0.330 e. The molecule has 0 amide bonds. The number of hydrogen-bond donors (Lipinski definition) is 1. The van der Waals surface area contributed by atoms with Gasteiger partial charge in [-0.15, -0.1) is 0 Å². The first-order valence-electron chi connectivity index (χ1n) is 8.27. The van der Waals surface area contributed by atoms with Crippen molar-refractivity contribution in [3.63, 3.8) is 0 Å². The number of carbonyl (C=O) groups excluding carboxylic acids is 1. The van der Waals surface area contributed by atoms with Gasteiger partial charge in [0.15, 0.2) is 0 Å². The summed E-state index contributed by atoms with van der Waals surface area (Å²) in [6, 6.07) is 5.53. The normalized spacial score (nSPS) is 10.4. The van der Waals surface area contributed by atoms with Gasteiger partial charge >= 0.3 is 5.97 Å². The maximum atomic E-state index is 11.1. The molecule has 0 aliphatic carbocycles. The highest BCUT2D eigenvalue weighted by atomic mass is 16.5. The highest BCUT2D eigenvalue weighted by Gasteiger charge is 2.05. The minimum Gasteiger partial charge on any atom is -0.508 e. The van der Waals surface area contributed by atoms with Gasteiger partial charge in [0.2, 0.25) is 0 Å². The largest absolute Gasteiger partial charge is 0.508 e. The van der Waals surface area contributed by atoms with Crippen LogP contribution in [0.4, 0.5) is 0 Å². The van der Waals surface area contributed by atoms with Gasteiger partial charge in [0.1, 0.15) is 12.4 Å². The Morgan fingerprint density at radius 3 is 2.55 bits per heavy atom. The number of esters is 1.